The number of carboxylic acids is 1. The van der Waals surface area contributed by atoms with Gasteiger partial charge in [0.1, 0.15) is 5.82 Å². The Morgan fingerprint density at radius 1 is 1.19 bits per heavy atom. The fourth-order valence-electron chi connectivity index (χ4n) is 4.15. The summed E-state index contributed by atoms with van der Waals surface area (Å²) >= 11 is 0. The van der Waals surface area contributed by atoms with Crippen LogP contribution in [0.1, 0.15) is 24.8 Å². The third kappa shape index (κ3) is 5.26. The van der Waals surface area contributed by atoms with Crippen molar-refractivity contribution in [1.29, 1.82) is 0 Å². The topological polar surface area (TPSA) is 70.1 Å². The molecule has 0 radical (unpaired) electrons. The summed E-state index contributed by atoms with van der Waals surface area (Å²) in [4.78, 5) is 27.9. The lowest BCUT2D eigenvalue weighted by atomic mass is 9.86. The Kier molecular flexibility index (Phi) is 6.79. The third-order valence-corrected chi connectivity index (χ3v) is 5.59. The predicted octanol–water partition coefficient (Wildman–Crippen LogP) is 1.78. The largest absolute Gasteiger partial charge is 0.481 e. The van der Waals surface area contributed by atoms with Crippen LogP contribution in [0.3, 0.4) is 0 Å². The smallest absolute Gasteiger partial charge is 0.303 e. The van der Waals surface area contributed by atoms with Crippen molar-refractivity contribution in [2.75, 3.05) is 39.4 Å². The molecule has 3 rings (SSSR count). The second kappa shape index (κ2) is 9.28. The summed E-state index contributed by atoms with van der Waals surface area (Å²) in [5, 5.41) is 9.09. The van der Waals surface area contributed by atoms with E-state index in [-0.39, 0.29) is 36.5 Å². The molecule has 1 aromatic carbocycles. The lowest BCUT2D eigenvalue weighted by Crippen LogP contribution is -2.55. The average Bonchev–Trinajstić information content (AvgIpc) is 2.68. The number of hydrogen-bond donors (Lipinski definition) is 1. The van der Waals surface area contributed by atoms with Crippen LogP contribution < -0.4 is 0 Å². The molecule has 2 aliphatic heterocycles. The first-order valence-corrected chi connectivity index (χ1v) is 9.59. The van der Waals surface area contributed by atoms with Crippen molar-refractivity contribution in [3.63, 3.8) is 0 Å². The van der Waals surface area contributed by atoms with Crippen LogP contribution in [0, 0.1) is 11.7 Å². The van der Waals surface area contributed by atoms with Crippen LogP contribution in [-0.4, -0.2) is 72.2 Å². The first-order chi connectivity index (χ1) is 13.0. The van der Waals surface area contributed by atoms with Crippen molar-refractivity contribution in [2.45, 2.75) is 31.7 Å². The third-order valence-electron chi connectivity index (χ3n) is 5.59. The number of nitrogens with zero attached hydrogens (tertiary/aromatic N) is 2. The number of amides is 1. The van der Waals surface area contributed by atoms with Gasteiger partial charge in [0.15, 0.2) is 0 Å². The van der Waals surface area contributed by atoms with Gasteiger partial charge >= 0.3 is 5.97 Å². The minimum Gasteiger partial charge on any atom is -0.481 e. The lowest BCUT2D eigenvalue weighted by Gasteiger charge is -2.45. The summed E-state index contributed by atoms with van der Waals surface area (Å²) in [6.45, 7) is 4.23. The molecule has 0 saturated carbocycles. The van der Waals surface area contributed by atoms with E-state index in [9.17, 15) is 14.0 Å². The van der Waals surface area contributed by atoms with E-state index >= 15 is 0 Å². The van der Waals surface area contributed by atoms with Gasteiger partial charge in [0.2, 0.25) is 5.91 Å². The maximum absolute atomic E-state index is 13.9. The van der Waals surface area contributed by atoms with Gasteiger partial charge in [0.25, 0.3) is 0 Å². The number of benzene rings is 1. The Morgan fingerprint density at radius 3 is 2.63 bits per heavy atom. The van der Waals surface area contributed by atoms with E-state index in [1.165, 1.54) is 6.07 Å². The van der Waals surface area contributed by atoms with Crippen molar-refractivity contribution in [2.24, 2.45) is 5.92 Å². The first-order valence-electron chi connectivity index (χ1n) is 9.59. The van der Waals surface area contributed by atoms with Gasteiger partial charge in [-0.05, 0) is 30.4 Å². The van der Waals surface area contributed by atoms with E-state index in [1.54, 1.807) is 23.1 Å². The van der Waals surface area contributed by atoms with Crippen LogP contribution in [0.5, 0.6) is 0 Å². The highest BCUT2D eigenvalue weighted by Gasteiger charge is 2.35. The summed E-state index contributed by atoms with van der Waals surface area (Å²) in [7, 11) is 0. The molecule has 0 aromatic heterocycles. The number of aliphatic carboxylic acids is 1. The van der Waals surface area contributed by atoms with Gasteiger partial charge in [0.05, 0.1) is 19.6 Å². The number of ether oxygens (including phenoxy) is 1. The van der Waals surface area contributed by atoms with E-state index in [4.69, 9.17) is 9.84 Å². The fourth-order valence-corrected chi connectivity index (χ4v) is 4.15. The van der Waals surface area contributed by atoms with Gasteiger partial charge in [-0.1, -0.05) is 18.2 Å². The maximum Gasteiger partial charge on any atom is 0.303 e. The van der Waals surface area contributed by atoms with Crippen molar-refractivity contribution < 1.29 is 23.8 Å². The molecule has 0 spiro atoms. The molecule has 7 heteroatoms. The minimum absolute atomic E-state index is 0.0422. The molecule has 148 valence electrons. The van der Waals surface area contributed by atoms with Crippen molar-refractivity contribution in [3.8, 4) is 0 Å². The number of likely N-dealkylation sites (tertiary alicyclic amines) is 1. The number of carbonyl (C=O) groups excluding carboxylic acids is 1. The summed E-state index contributed by atoms with van der Waals surface area (Å²) in [6.07, 6.45) is 1.50. The van der Waals surface area contributed by atoms with Gasteiger partial charge < -0.3 is 14.7 Å². The highest BCUT2D eigenvalue weighted by molar-refractivity contribution is 5.79. The summed E-state index contributed by atoms with van der Waals surface area (Å²) in [5.74, 6) is -1.17. The van der Waals surface area contributed by atoms with E-state index in [1.807, 2.05) is 0 Å². The number of morpholine rings is 1. The summed E-state index contributed by atoms with van der Waals surface area (Å²) in [5.41, 5.74) is 0.403. The molecular formula is C20H27FN2O4. The van der Waals surface area contributed by atoms with Gasteiger partial charge in [-0.25, -0.2) is 4.39 Å². The Balaban J connectivity index is 1.65. The zero-order valence-corrected chi connectivity index (χ0v) is 15.5. The summed E-state index contributed by atoms with van der Waals surface area (Å²) in [6, 6.07) is 6.61. The molecule has 2 fully saturated rings. The molecule has 2 saturated heterocycles. The van der Waals surface area contributed by atoms with Crippen LogP contribution in [0.25, 0.3) is 0 Å². The van der Waals surface area contributed by atoms with Crippen molar-refractivity contribution in [1.82, 2.24) is 9.80 Å². The quantitative estimate of drug-likeness (QED) is 0.817. The minimum atomic E-state index is -0.814. The van der Waals surface area contributed by atoms with Crippen molar-refractivity contribution in [3.05, 3.63) is 35.6 Å². The van der Waals surface area contributed by atoms with Crippen LogP contribution in [0.4, 0.5) is 4.39 Å². The first kappa shape index (κ1) is 19.8. The van der Waals surface area contributed by atoms with Crippen LogP contribution in [-0.2, 0) is 20.7 Å². The maximum atomic E-state index is 13.9. The molecular weight excluding hydrogens is 351 g/mol. The Labute approximate surface area is 158 Å². The second-order valence-electron chi connectivity index (χ2n) is 7.30. The van der Waals surface area contributed by atoms with Gasteiger partial charge in [-0.15, -0.1) is 0 Å². The summed E-state index contributed by atoms with van der Waals surface area (Å²) < 4.78 is 19.3. The molecule has 6 nitrogen and oxygen atoms in total. The zero-order valence-electron chi connectivity index (χ0n) is 15.5. The SMILES string of the molecule is O=C(O)CC[C@@H]1CN(C(=O)Cc2ccccc2F)CC[C@@H]1N1CCOCC1. The van der Waals surface area contributed by atoms with E-state index in [0.717, 1.165) is 19.5 Å². The number of hydrogen-bond acceptors (Lipinski definition) is 4. The number of piperidine rings is 1. The number of carboxylic acid groups (broad SMARTS) is 1. The molecule has 1 amide bonds. The highest BCUT2D eigenvalue weighted by atomic mass is 19.1. The average molecular weight is 378 g/mol. The Morgan fingerprint density at radius 2 is 1.93 bits per heavy atom. The van der Waals surface area contributed by atoms with Gasteiger partial charge in [0, 0.05) is 38.6 Å². The number of carbonyl (C=O) groups is 2. The van der Waals surface area contributed by atoms with E-state index < -0.39 is 5.97 Å². The van der Waals surface area contributed by atoms with Crippen LogP contribution in [0.15, 0.2) is 24.3 Å². The standard InChI is InChI=1S/C20H27FN2O4/c21-17-4-2-1-3-15(17)13-19(24)23-8-7-18(22-9-11-27-12-10-22)16(14-23)5-6-20(25)26/h1-4,16,18H,5-14H2,(H,25,26)/t16-,18+/m1/s1. The molecule has 0 bridgehead atoms. The molecule has 1 N–H and O–H groups in total. The molecule has 1 aromatic rings. The predicted molar refractivity (Wildman–Crippen MR) is 97.8 cm³/mol. The van der Waals surface area contributed by atoms with E-state index in [0.29, 0.717) is 38.3 Å². The van der Waals surface area contributed by atoms with Crippen LogP contribution >= 0.6 is 0 Å². The van der Waals surface area contributed by atoms with Gasteiger partial charge in [-0.3, -0.25) is 14.5 Å². The zero-order chi connectivity index (χ0) is 19.2. The number of halogens is 1. The molecule has 2 atom stereocenters. The Bertz CT molecular complexity index is 663. The molecule has 27 heavy (non-hydrogen) atoms. The monoisotopic (exact) mass is 378 g/mol. The van der Waals surface area contributed by atoms with Gasteiger partial charge in [-0.2, -0.15) is 0 Å². The molecule has 2 heterocycles. The van der Waals surface area contributed by atoms with Crippen LogP contribution in [0.2, 0.25) is 0 Å². The molecule has 0 unspecified atom stereocenters. The fraction of sp³-hybridized carbons (Fsp3) is 0.600. The normalized spacial score (nSPS) is 24.0. The molecule has 0 aliphatic carbocycles. The lowest BCUT2D eigenvalue weighted by molar-refractivity contribution is -0.138. The highest BCUT2D eigenvalue weighted by Crippen LogP contribution is 2.27. The van der Waals surface area contributed by atoms with E-state index in [2.05, 4.69) is 4.90 Å². The Hall–Kier alpha value is -1.99. The number of rotatable bonds is 6. The van der Waals surface area contributed by atoms with Crippen molar-refractivity contribution >= 4 is 11.9 Å². The second-order valence-corrected chi connectivity index (χ2v) is 7.30. The molecule has 2 aliphatic rings.